The molecule has 0 unspecified atom stereocenters. The van der Waals surface area contributed by atoms with Crippen LogP contribution in [0.4, 0.5) is 15.6 Å². The third-order valence-electron chi connectivity index (χ3n) is 4.52. The molecule has 29 heavy (non-hydrogen) atoms. The number of nitrogens with one attached hydrogen (secondary N) is 2. The highest BCUT2D eigenvalue weighted by Crippen LogP contribution is 2.18. The molecule has 1 aliphatic heterocycles. The molecule has 1 aliphatic rings. The molecule has 9 heteroatoms. The van der Waals surface area contributed by atoms with E-state index in [2.05, 4.69) is 22.2 Å². The van der Waals surface area contributed by atoms with Crippen molar-refractivity contribution in [2.75, 3.05) is 36.8 Å². The van der Waals surface area contributed by atoms with E-state index in [0.717, 1.165) is 5.69 Å². The molecular formula is C20H23N5O3S. The highest BCUT2D eigenvalue weighted by Gasteiger charge is 2.22. The molecular weight excluding hydrogens is 390 g/mol. The van der Waals surface area contributed by atoms with E-state index in [-0.39, 0.29) is 17.8 Å². The third-order valence-corrected chi connectivity index (χ3v) is 5.32. The van der Waals surface area contributed by atoms with Crippen molar-refractivity contribution in [2.24, 2.45) is 0 Å². The van der Waals surface area contributed by atoms with Crippen LogP contribution in [-0.4, -0.2) is 58.8 Å². The van der Waals surface area contributed by atoms with Gasteiger partial charge in [0.25, 0.3) is 0 Å². The van der Waals surface area contributed by atoms with Gasteiger partial charge in [0.15, 0.2) is 5.13 Å². The number of piperazine rings is 1. The minimum Gasteiger partial charge on any atom is -0.339 e. The molecule has 1 saturated heterocycles. The largest absolute Gasteiger partial charge is 0.339 e. The summed E-state index contributed by atoms with van der Waals surface area (Å²) in [5.41, 5.74) is 1.46. The summed E-state index contributed by atoms with van der Waals surface area (Å²) in [7, 11) is 0. The average molecular weight is 414 g/mol. The van der Waals surface area contributed by atoms with Crippen LogP contribution in [0.25, 0.3) is 0 Å². The predicted octanol–water partition coefficient (Wildman–Crippen LogP) is 2.58. The number of benzene rings is 1. The lowest BCUT2D eigenvalue weighted by molar-refractivity contribution is -0.137. The average Bonchev–Trinajstić information content (AvgIpc) is 3.19. The lowest BCUT2D eigenvalue weighted by atomic mass is 10.2. The molecule has 2 heterocycles. The van der Waals surface area contributed by atoms with Gasteiger partial charge in [0.05, 0.1) is 5.69 Å². The number of rotatable bonds is 6. The first-order valence-electron chi connectivity index (χ1n) is 9.31. The summed E-state index contributed by atoms with van der Waals surface area (Å²) in [6, 6.07) is 8.78. The Hall–Kier alpha value is -3.20. The fraction of sp³-hybridized carbons (Fsp3) is 0.300. The molecule has 1 fully saturated rings. The summed E-state index contributed by atoms with van der Waals surface area (Å²) in [6.45, 7) is 5.60. The minimum atomic E-state index is -0.361. The second kappa shape index (κ2) is 9.83. The zero-order valence-electron chi connectivity index (χ0n) is 16.0. The second-order valence-corrected chi connectivity index (χ2v) is 7.36. The van der Waals surface area contributed by atoms with E-state index in [9.17, 15) is 14.4 Å². The van der Waals surface area contributed by atoms with Gasteiger partial charge < -0.3 is 15.1 Å². The van der Waals surface area contributed by atoms with Crippen molar-refractivity contribution in [3.8, 4) is 0 Å². The van der Waals surface area contributed by atoms with Crippen LogP contribution in [0, 0.1) is 0 Å². The number of aromatic nitrogens is 1. The Morgan fingerprint density at radius 2 is 1.76 bits per heavy atom. The summed E-state index contributed by atoms with van der Waals surface area (Å²) in [5, 5.41) is 7.75. The van der Waals surface area contributed by atoms with Crippen LogP contribution in [0.15, 0.2) is 48.4 Å². The second-order valence-electron chi connectivity index (χ2n) is 6.50. The molecule has 2 N–H and O–H groups in total. The first kappa shape index (κ1) is 20.5. The molecule has 0 saturated carbocycles. The maximum atomic E-state index is 12.4. The van der Waals surface area contributed by atoms with Gasteiger partial charge in [-0.05, 0) is 24.6 Å². The van der Waals surface area contributed by atoms with E-state index in [1.165, 1.54) is 17.4 Å². The zero-order chi connectivity index (χ0) is 20.6. The van der Waals surface area contributed by atoms with E-state index in [1.807, 2.05) is 23.6 Å². The molecule has 0 radical (unpaired) electrons. The third kappa shape index (κ3) is 5.89. The molecule has 0 atom stereocenters. The number of aryl methyl sites for hydroxylation is 1. The topological polar surface area (TPSA) is 94.6 Å². The van der Waals surface area contributed by atoms with Gasteiger partial charge in [-0.3, -0.25) is 14.9 Å². The number of anilines is 2. The molecule has 1 aromatic carbocycles. The summed E-state index contributed by atoms with van der Waals surface area (Å²) in [6.07, 6.45) is 2.14. The van der Waals surface area contributed by atoms with Gasteiger partial charge in [0.1, 0.15) is 0 Å². The van der Waals surface area contributed by atoms with Crippen LogP contribution in [0.5, 0.6) is 0 Å². The Labute approximate surface area is 173 Å². The number of hydrogen-bond donors (Lipinski definition) is 2. The molecule has 2 aromatic rings. The molecule has 0 aliphatic carbocycles. The number of urea groups is 1. The lowest BCUT2D eigenvalue weighted by Gasteiger charge is -2.34. The van der Waals surface area contributed by atoms with Crippen molar-refractivity contribution in [1.29, 1.82) is 0 Å². The molecule has 4 amide bonds. The SMILES string of the molecule is C=CC(=O)N1CCN(C(=O)CCc2csc(NC(=O)Nc3ccccc3)n2)CC1. The van der Waals surface area contributed by atoms with Crippen molar-refractivity contribution in [3.63, 3.8) is 0 Å². The summed E-state index contributed by atoms with van der Waals surface area (Å²) in [5.74, 6) is -0.0593. The molecule has 152 valence electrons. The monoisotopic (exact) mass is 413 g/mol. The van der Waals surface area contributed by atoms with E-state index in [4.69, 9.17) is 0 Å². The molecule has 3 rings (SSSR count). The molecule has 0 bridgehead atoms. The maximum Gasteiger partial charge on any atom is 0.325 e. The minimum absolute atomic E-state index is 0.0417. The Bertz CT molecular complexity index is 875. The summed E-state index contributed by atoms with van der Waals surface area (Å²) in [4.78, 5) is 43.8. The Balaban J connectivity index is 1.42. The van der Waals surface area contributed by atoms with Crippen LogP contribution in [0.3, 0.4) is 0 Å². The fourth-order valence-corrected chi connectivity index (χ4v) is 3.70. The van der Waals surface area contributed by atoms with Gasteiger partial charge in [-0.1, -0.05) is 24.8 Å². The maximum absolute atomic E-state index is 12.4. The normalized spacial score (nSPS) is 13.7. The molecule has 0 spiro atoms. The first-order chi connectivity index (χ1) is 14.0. The Kier molecular flexibility index (Phi) is 6.96. The van der Waals surface area contributed by atoms with Crippen molar-refractivity contribution < 1.29 is 14.4 Å². The van der Waals surface area contributed by atoms with Crippen molar-refractivity contribution in [2.45, 2.75) is 12.8 Å². The van der Waals surface area contributed by atoms with E-state index in [1.54, 1.807) is 21.9 Å². The molecule has 8 nitrogen and oxygen atoms in total. The predicted molar refractivity (Wildman–Crippen MR) is 113 cm³/mol. The van der Waals surface area contributed by atoms with Crippen molar-refractivity contribution in [1.82, 2.24) is 14.8 Å². The van der Waals surface area contributed by atoms with Gasteiger partial charge in [-0.2, -0.15) is 0 Å². The highest BCUT2D eigenvalue weighted by atomic mass is 32.1. The highest BCUT2D eigenvalue weighted by molar-refractivity contribution is 7.13. The number of carbonyl (C=O) groups excluding carboxylic acids is 3. The number of thiazole rings is 1. The van der Waals surface area contributed by atoms with Gasteiger partial charge in [0, 0.05) is 43.7 Å². The number of nitrogens with zero attached hydrogens (tertiary/aromatic N) is 3. The van der Waals surface area contributed by atoms with Crippen LogP contribution in [-0.2, 0) is 16.0 Å². The van der Waals surface area contributed by atoms with Crippen LogP contribution in [0.2, 0.25) is 0 Å². The van der Waals surface area contributed by atoms with Gasteiger partial charge >= 0.3 is 6.03 Å². The number of para-hydroxylation sites is 1. The van der Waals surface area contributed by atoms with Gasteiger partial charge in [0.2, 0.25) is 11.8 Å². The standard InChI is InChI=1S/C20H23N5O3S/c1-2-17(26)24-10-12-25(13-11-24)18(27)9-8-16-14-29-20(22-16)23-19(28)21-15-6-4-3-5-7-15/h2-7,14H,1,8-13H2,(H2,21,22,23,28). The summed E-state index contributed by atoms with van der Waals surface area (Å²) >= 11 is 1.32. The quantitative estimate of drug-likeness (QED) is 0.712. The van der Waals surface area contributed by atoms with Crippen molar-refractivity contribution >= 4 is 40.0 Å². The van der Waals surface area contributed by atoms with E-state index in [0.29, 0.717) is 49.8 Å². The van der Waals surface area contributed by atoms with Crippen LogP contribution < -0.4 is 10.6 Å². The molecule has 1 aromatic heterocycles. The van der Waals surface area contributed by atoms with Gasteiger partial charge in [-0.15, -0.1) is 11.3 Å². The Morgan fingerprint density at radius 3 is 2.45 bits per heavy atom. The van der Waals surface area contributed by atoms with E-state index >= 15 is 0 Å². The van der Waals surface area contributed by atoms with Crippen molar-refractivity contribution in [3.05, 3.63) is 54.1 Å². The first-order valence-corrected chi connectivity index (χ1v) is 10.2. The van der Waals surface area contributed by atoms with Crippen LogP contribution in [0.1, 0.15) is 12.1 Å². The number of carbonyl (C=O) groups is 3. The zero-order valence-corrected chi connectivity index (χ0v) is 16.8. The number of amides is 4. The van der Waals surface area contributed by atoms with Gasteiger partial charge in [-0.25, -0.2) is 9.78 Å². The van der Waals surface area contributed by atoms with Crippen LogP contribution >= 0.6 is 11.3 Å². The number of hydrogen-bond acceptors (Lipinski definition) is 5. The Morgan fingerprint density at radius 1 is 1.07 bits per heavy atom. The lowest BCUT2D eigenvalue weighted by Crippen LogP contribution is -2.50. The summed E-state index contributed by atoms with van der Waals surface area (Å²) < 4.78 is 0. The smallest absolute Gasteiger partial charge is 0.325 e. The van der Waals surface area contributed by atoms with E-state index < -0.39 is 0 Å². The fourth-order valence-electron chi connectivity index (χ4n) is 2.96.